The minimum atomic E-state index is -1.04. The van der Waals surface area contributed by atoms with Crippen LogP contribution >= 0.6 is 11.8 Å². The lowest BCUT2D eigenvalue weighted by atomic mass is 10.1. The first kappa shape index (κ1) is 13.8. The summed E-state index contributed by atoms with van der Waals surface area (Å²) in [6.45, 7) is 1.95. The van der Waals surface area contributed by atoms with Crippen LogP contribution in [0.3, 0.4) is 0 Å². The van der Waals surface area contributed by atoms with Crippen LogP contribution in [0.4, 0.5) is 4.79 Å². The Bertz CT molecular complexity index is 321. The summed E-state index contributed by atoms with van der Waals surface area (Å²) in [6, 6.07) is -1.49. The molecule has 1 heterocycles. The van der Waals surface area contributed by atoms with Gasteiger partial charge in [-0.2, -0.15) is 0 Å². The van der Waals surface area contributed by atoms with Crippen molar-refractivity contribution in [1.82, 2.24) is 10.6 Å². The second kappa shape index (κ2) is 6.48. The predicted molar refractivity (Wildman–Crippen MR) is 63.9 cm³/mol. The molecule has 0 aromatic heterocycles. The molecule has 0 aromatic rings. The van der Waals surface area contributed by atoms with Gasteiger partial charge in [-0.05, 0) is 6.42 Å². The quantitative estimate of drug-likeness (QED) is 0.649. The number of carboxylic acid groups (broad SMARTS) is 1. The minimum absolute atomic E-state index is 0.245. The van der Waals surface area contributed by atoms with Gasteiger partial charge in [0, 0.05) is 5.75 Å². The molecule has 6 nitrogen and oxygen atoms in total. The molecule has 1 aliphatic heterocycles. The molecule has 0 aromatic carbocycles. The van der Waals surface area contributed by atoms with Gasteiger partial charge in [-0.3, -0.25) is 9.59 Å². The second-order valence-corrected chi connectivity index (χ2v) is 4.83. The van der Waals surface area contributed by atoms with E-state index in [1.165, 1.54) is 0 Å². The number of nitrogens with one attached hydrogen (secondary N) is 2. The largest absolute Gasteiger partial charge is 0.480 e. The number of aliphatic carboxylic acids is 1. The maximum atomic E-state index is 11.7. The van der Waals surface area contributed by atoms with Gasteiger partial charge < -0.3 is 15.7 Å². The van der Waals surface area contributed by atoms with E-state index in [1.54, 1.807) is 0 Å². The smallest absolute Gasteiger partial charge is 0.326 e. The monoisotopic (exact) mass is 260 g/mol. The highest BCUT2D eigenvalue weighted by Gasteiger charge is 2.30. The van der Waals surface area contributed by atoms with E-state index in [2.05, 4.69) is 10.6 Å². The van der Waals surface area contributed by atoms with Crippen LogP contribution in [0.25, 0.3) is 0 Å². The van der Waals surface area contributed by atoms with Crippen molar-refractivity contribution in [3.8, 4) is 0 Å². The molecule has 1 fully saturated rings. The summed E-state index contributed by atoms with van der Waals surface area (Å²) in [6.07, 6.45) is 2.02. The van der Waals surface area contributed by atoms with Gasteiger partial charge in [0.2, 0.25) is 5.91 Å². The Morgan fingerprint density at radius 3 is 2.82 bits per heavy atom. The molecule has 0 radical (unpaired) electrons. The number of thioether (sulfide) groups is 1. The van der Waals surface area contributed by atoms with Gasteiger partial charge in [0.05, 0.1) is 0 Å². The molecule has 1 rings (SSSR count). The van der Waals surface area contributed by atoms with Crippen LogP contribution in [-0.4, -0.2) is 40.1 Å². The van der Waals surface area contributed by atoms with E-state index in [4.69, 9.17) is 5.11 Å². The van der Waals surface area contributed by atoms with E-state index >= 15 is 0 Å². The maximum absolute atomic E-state index is 11.7. The average molecular weight is 260 g/mol. The van der Waals surface area contributed by atoms with Crippen molar-refractivity contribution in [3.63, 3.8) is 0 Å². The second-order valence-electron chi connectivity index (χ2n) is 3.84. The first-order valence-electron chi connectivity index (χ1n) is 5.51. The number of carbonyl (C=O) groups excluding carboxylic acids is 2. The van der Waals surface area contributed by atoms with Crippen LogP contribution < -0.4 is 10.6 Å². The topological polar surface area (TPSA) is 95.5 Å². The lowest BCUT2D eigenvalue weighted by molar-refractivity contribution is -0.142. The van der Waals surface area contributed by atoms with Gasteiger partial charge in [0.15, 0.2) is 0 Å². The van der Waals surface area contributed by atoms with Crippen LogP contribution in [0, 0.1) is 0 Å². The third-order valence-corrected chi connectivity index (χ3v) is 3.33. The molecule has 3 N–H and O–H groups in total. The van der Waals surface area contributed by atoms with E-state index in [0.717, 1.165) is 24.6 Å². The van der Waals surface area contributed by atoms with Crippen molar-refractivity contribution in [1.29, 1.82) is 0 Å². The molecule has 1 aliphatic rings. The summed E-state index contributed by atoms with van der Waals surface area (Å²) < 4.78 is 0. The highest BCUT2D eigenvalue weighted by atomic mass is 32.2. The third-order valence-electron chi connectivity index (χ3n) is 2.45. The normalized spacial score (nSPS) is 20.8. The fourth-order valence-corrected chi connectivity index (χ4v) is 2.24. The molecular formula is C10H16N2O4S. The van der Waals surface area contributed by atoms with E-state index in [-0.39, 0.29) is 5.24 Å². The molecular weight excluding hydrogens is 244 g/mol. The van der Waals surface area contributed by atoms with Crippen LogP contribution in [0.5, 0.6) is 0 Å². The minimum Gasteiger partial charge on any atom is -0.480 e. The molecule has 17 heavy (non-hydrogen) atoms. The van der Waals surface area contributed by atoms with Crippen molar-refractivity contribution in [2.45, 2.75) is 38.3 Å². The Morgan fingerprint density at radius 1 is 1.65 bits per heavy atom. The first-order valence-corrected chi connectivity index (χ1v) is 6.49. The highest BCUT2D eigenvalue weighted by molar-refractivity contribution is 8.14. The summed E-state index contributed by atoms with van der Waals surface area (Å²) in [7, 11) is 0. The highest BCUT2D eigenvalue weighted by Crippen LogP contribution is 2.13. The Morgan fingerprint density at radius 2 is 2.35 bits per heavy atom. The number of hydrogen-bond acceptors (Lipinski definition) is 4. The van der Waals surface area contributed by atoms with E-state index in [1.807, 2.05) is 6.92 Å². The van der Waals surface area contributed by atoms with E-state index in [0.29, 0.717) is 12.2 Å². The summed E-state index contributed by atoms with van der Waals surface area (Å²) in [5.74, 6) is -1.11. The number of hydrogen-bond donors (Lipinski definition) is 3. The number of unbranched alkanes of at least 4 members (excludes halogenated alkanes) is 1. The number of carbonyl (C=O) groups is 3. The Kier molecular flexibility index (Phi) is 5.27. The standard InChI is InChI=1S/C10H16N2O4S/c1-2-3-4-6(9(14)15)11-8(13)7-5-17-10(16)12-7/h6-7H,2-5H2,1H3,(H,11,13)(H,12,16)(H,14,15)/t6-,7?/m0/s1. The molecule has 0 aliphatic carbocycles. The Labute approximate surface area is 104 Å². The van der Waals surface area contributed by atoms with Gasteiger partial charge in [-0.15, -0.1) is 0 Å². The Balaban J connectivity index is 2.46. The molecule has 0 bridgehead atoms. The van der Waals surface area contributed by atoms with Gasteiger partial charge >= 0.3 is 5.97 Å². The number of carboxylic acids is 1. The third kappa shape index (κ3) is 4.26. The van der Waals surface area contributed by atoms with Gasteiger partial charge in [-0.25, -0.2) is 4.79 Å². The summed E-state index contributed by atoms with van der Waals surface area (Å²) >= 11 is 1.03. The fraction of sp³-hybridized carbons (Fsp3) is 0.700. The molecule has 1 saturated heterocycles. The summed E-state index contributed by atoms with van der Waals surface area (Å²) in [4.78, 5) is 33.5. The van der Waals surface area contributed by atoms with Crippen molar-refractivity contribution in [2.75, 3.05) is 5.75 Å². The van der Waals surface area contributed by atoms with Crippen molar-refractivity contribution in [2.24, 2.45) is 0 Å². The van der Waals surface area contributed by atoms with Crippen LogP contribution in [0.2, 0.25) is 0 Å². The average Bonchev–Trinajstić information content (AvgIpc) is 2.70. The number of rotatable bonds is 6. The molecule has 0 saturated carbocycles. The SMILES string of the molecule is CCCC[C@H](NC(=O)C1CSC(=O)N1)C(=O)O. The van der Waals surface area contributed by atoms with Crippen LogP contribution in [0.1, 0.15) is 26.2 Å². The molecule has 2 amide bonds. The molecule has 1 unspecified atom stereocenters. The van der Waals surface area contributed by atoms with Crippen molar-refractivity contribution < 1.29 is 19.5 Å². The molecule has 2 atom stereocenters. The zero-order valence-corrected chi connectivity index (χ0v) is 10.4. The first-order chi connectivity index (χ1) is 8.04. The fourth-order valence-electron chi connectivity index (χ4n) is 1.46. The maximum Gasteiger partial charge on any atom is 0.326 e. The predicted octanol–water partition coefficient (Wildman–Crippen LogP) is 0.571. The van der Waals surface area contributed by atoms with Crippen LogP contribution in [0.15, 0.2) is 0 Å². The van der Waals surface area contributed by atoms with Gasteiger partial charge in [0.1, 0.15) is 12.1 Å². The van der Waals surface area contributed by atoms with E-state index in [9.17, 15) is 14.4 Å². The van der Waals surface area contributed by atoms with Gasteiger partial charge in [-0.1, -0.05) is 31.5 Å². The van der Waals surface area contributed by atoms with Crippen LogP contribution in [-0.2, 0) is 9.59 Å². The molecule has 0 spiro atoms. The Hall–Kier alpha value is -1.24. The van der Waals surface area contributed by atoms with Crippen molar-refractivity contribution in [3.05, 3.63) is 0 Å². The summed E-state index contributed by atoms with van der Waals surface area (Å²) in [5.41, 5.74) is 0. The lowest BCUT2D eigenvalue weighted by Gasteiger charge is -2.16. The summed E-state index contributed by atoms with van der Waals surface area (Å²) in [5, 5.41) is 13.6. The zero-order chi connectivity index (χ0) is 12.8. The lowest BCUT2D eigenvalue weighted by Crippen LogP contribution is -2.49. The van der Waals surface area contributed by atoms with Gasteiger partial charge in [0.25, 0.3) is 5.24 Å². The molecule has 96 valence electrons. The van der Waals surface area contributed by atoms with Crippen molar-refractivity contribution >= 4 is 28.9 Å². The zero-order valence-electron chi connectivity index (χ0n) is 9.56. The molecule has 7 heteroatoms. The number of amides is 2. The van der Waals surface area contributed by atoms with E-state index < -0.39 is 24.0 Å².